The van der Waals surface area contributed by atoms with Crippen molar-refractivity contribution in [3.8, 4) is 0 Å². The minimum Gasteiger partial charge on any atom is -0.477 e. The molecule has 0 amide bonds. The highest BCUT2D eigenvalue weighted by atomic mass is 35.5. The summed E-state index contributed by atoms with van der Waals surface area (Å²) >= 11 is 6.40. The number of rotatable bonds is 5. The second-order valence-electron chi connectivity index (χ2n) is 7.55. The molecule has 27 heavy (non-hydrogen) atoms. The third-order valence-corrected chi connectivity index (χ3v) is 4.29. The Morgan fingerprint density at radius 1 is 1.37 bits per heavy atom. The summed E-state index contributed by atoms with van der Waals surface area (Å²) in [5.74, 6) is -0.918. The fraction of sp³-hybridized carbons (Fsp3) is 0.316. The molecule has 0 radical (unpaired) electrons. The van der Waals surface area contributed by atoms with Gasteiger partial charge in [0, 0.05) is 18.5 Å². The minimum atomic E-state index is -1.13. The standard InChI is InChI=1S/C19H20ClFN4O2/c1-19(2,3)10-22-16-13(8-11-5-4-6-12(21)7-11)15(20)24-17-14(18(26)27)9-23-25(16)17/h4-7,9,22H,8,10H2,1-3H3,(H,26,27). The van der Waals surface area contributed by atoms with Crippen LogP contribution in [0.3, 0.4) is 0 Å². The number of nitrogens with one attached hydrogen (secondary N) is 1. The van der Waals surface area contributed by atoms with E-state index in [0.717, 1.165) is 5.56 Å². The summed E-state index contributed by atoms with van der Waals surface area (Å²) in [5.41, 5.74) is 1.43. The summed E-state index contributed by atoms with van der Waals surface area (Å²) in [6.45, 7) is 6.80. The largest absolute Gasteiger partial charge is 0.477 e. The van der Waals surface area contributed by atoms with E-state index in [1.165, 1.54) is 22.8 Å². The van der Waals surface area contributed by atoms with Gasteiger partial charge in [0.1, 0.15) is 22.4 Å². The monoisotopic (exact) mass is 390 g/mol. The van der Waals surface area contributed by atoms with E-state index in [1.54, 1.807) is 12.1 Å². The number of fused-ring (bicyclic) bond motifs is 1. The zero-order valence-corrected chi connectivity index (χ0v) is 16.0. The maximum atomic E-state index is 13.6. The van der Waals surface area contributed by atoms with E-state index in [9.17, 15) is 14.3 Å². The van der Waals surface area contributed by atoms with Crippen LogP contribution in [-0.4, -0.2) is 32.2 Å². The Morgan fingerprint density at radius 2 is 2.11 bits per heavy atom. The molecule has 0 spiro atoms. The van der Waals surface area contributed by atoms with Gasteiger partial charge in [-0.05, 0) is 23.1 Å². The van der Waals surface area contributed by atoms with Crippen molar-refractivity contribution in [3.05, 3.63) is 58.1 Å². The van der Waals surface area contributed by atoms with Crippen LogP contribution in [0.25, 0.3) is 5.65 Å². The molecule has 0 aliphatic carbocycles. The number of aromatic nitrogens is 3. The molecule has 0 unspecified atom stereocenters. The first-order valence-electron chi connectivity index (χ1n) is 8.43. The highest BCUT2D eigenvalue weighted by Gasteiger charge is 2.22. The Labute approximate surface area is 161 Å². The van der Waals surface area contributed by atoms with Gasteiger partial charge in [0.25, 0.3) is 0 Å². The van der Waals surface area contributed by atoms with Crippen molar-refractivity contribution in [2.75, 3.05) is 11.9 Å². The van der Waals surface area contributed by atoms with Gasteiger partial charge in [0.2, 0.25) is 0 Å². The van der Waals surface area contributed by atoms with Crippen molar-refractivity contribution in [1.82, 2.24) is 14.6 Å². The summed E-state index contributed by atoms with van der Waals surface area (Å²) in [6.07, 6.45) is 1.57. The lowest BCUT2D eigenvalue weighted by atomic mass is 9.97. The van der Waals surface area contributed by atoms with E-state index in [1.807, 2.05) is 0 Å². The van der Waals surface area contributed by atoms with Gasteiger partial charge in [-0.15, -0.1) is 0 Å². The predicted molar refractivity (Wildman–Crippen MR) is 102 cm³/mol. The minimum absolute atomic E-state index is 0.0342. The van der Waals surface area contributed by atoms with Crippen LogP contribution in [0.5, 0.6) is 0 Å². The summed E-state index contributed by atoms with van der Waals surface area (Å²) in [5, 5.41) is 17.0. The molecular weight excluding hydrogens is 371 g/mol. The molecule has 2 N–H and O–H groups in total. The summed E-state index contributed by atoms with van der Waals surface area (Å²) < 4.78 is 15.0. The molecule has 3 aromatic rings. The topological polar surface area (TPSA) is 79.5 Å². The average Bonchev–Trinajstić information content (AvgIpc) is 2.97. The van der Waals surface area contributed by atoms with E-state index in [4.69, 9.17) is 11.6 Å². The highest BCUT2D eigenvalue weighted by molar-refractivity contribution is 6.30. The number of halogens is 2. The molecule has 0 aliphatic heterocycles. The molecule has 0 saturated heterocycles. The number of anilines is 1. The number of benzene rings is 1. The van der Waals surface area contributed by atoms with Crippen LogP contribution in [-0.2, 0) is 6.42 Å². The fourth-order valence-electron chi connectivity index (χ4n) is 2.69. The Balaban J connectivity index is 2.15. The lowest BCUT2D eigenvalue weighted by Gasteiger charge is -2.22. The predicted octanol–water partition coefficient (Wildman–Crippen LogP) is 4.27. The lowest BCUT2D eigenvalue weighted by molar-refractivity contribution is 0.0698. The van der Waals surface area contributed by atoms with Gasteiger partial charge in [-0.1, -0.05) is 44.5 Å². The smallest absolute Gasteiger partial charge is 0.341 e. The first-order chi connectivity index (χ1) is 12.7. The summed E-state index contributed by atoms with van der Waals surface area (Å²) in [7, 11) is 0. The second-order valence-corrected chi connectivity index (χ2v) is 7.91. The molecule has 0 saturated carbocycles. The maximum Gasteiger partial charge on any atom is 0.341 e. The van der Waals surface area contributed by atoms with Gasteiger partial charge in [-0.2, -0.15) is 9.61 Å². The first-order valence-corrected chi connectivity index (χ1v) is 8.81. The zero-order chi connectivity index (χ0) is 19.8. The van der Waals surface area contributed by atoms with Crippen LogP contribution in [0.4, 0.5) is 10.2 Å². The highest BCUT2D eigenvalue weighted by Crippen LogP contribution is 2.29. The van der Waals surface area contributed by atoms with Crippen molar-refractivity contribution in [1.29, 1.82) is 0 Å². The lowest BCUT2D eigenvalue weighted by Crippen LogP contribution is -2.22. The molecule has 0 aliphatic rings. The van der Waals surface area contributed by atoms with Crippen molar-refractivity contribution >= 4 is 29.0 Å². The number of hydrogen-bond donors (Lipinski definition) is 2. The SMILES string of the molecule is CC(C)(C)CNc1c(Cc2cccc(F)c2)c(Cl)nc2c(C(=O)O)cnn12. The van der Waals surface area contributed by atoms with E-state index < -0.39 is 5.97 Å². The van der Waals surface area contributed by atoms with Gasteiger partial charge in [-0.3, -0.25) is 0 Å². The number of carbonyl (C=O) groups is 1. The number of carboxylic acids is 1. The number of aromatic carboxylic acids is 1. The van der Waals surface area contributed by atoms with Gasteiger partial charge in [-0.25, -0.2) is 14.2 Å². The molecule has 0 atom stereocenters. The number of hydrogen-bond acceptors (Lipinski definition) is 4. The Morgan fingerprint density at radius 3 is 2.74 bits per heavy atom. The Bertz CT molecular complexity index is 1010. The molecule has 3 rings (SSSR count). The van der Waals surface area contributed by atoms with Crippen LogP contribution >= 0.6 is 11.6 Å². The van der Waals surface area contributed by atoms with Crippen molar-refractivity contribution in [3.63, 3.8) is 0 Å². The van der Waals surface area contributed by atoms with Crippen LogP contribution in [0.2, 0.25) is 5.15 Å². The van der Waals surface area contributed by atoms with Gasteiger partial charge < -0.3 is 10.4 Å². The third-order valence-electron chi connectivity index (χ3n) is 3.98. The normalized spacial score (nSPS) is 11.7. The number of carboxylic acid groups (broad SMARTS) is 1. The van der Waals surface area contributed by atoms with Crippen molar-refractivity contribution in [2.45, 2.75) is 27.2 Å². The van der Waals surface area contributed by atoms with Gasteiger partial charge in [0.05, 0.1) is 6.20 Å². The molecule has 2 aromatic heterocycles. The molecule has 142 valence electrons. The van der Waals surface area contributed by atoms with E-state index in [2.05, 4.69) is 36.2 Å². The third kappa shape index (κ3) is 4.19. The first kappa shape index (κ1) is 19.1. The molecule has 0 fully saturated rings. The Hall–Kier alpha value is -2.67. The molecule has 8 heteroatoms. The number of nitrogens with zero attached hydrogens (tertiary/aromatic N) is 3. The average molecular weight is 391 g/mol. The van der Waals surface area contributed by atoms with E-state index in [-0.39, 0.29) is 27.6 Å². The molecule has 6 nitrogen and oxygen atoms in total. The molecule has 0 bridgehead atoms. The van der Waals surface area contributed by atoms with Gasteiger partial charge >= 0.3 is 5.97 Å². The quantitative estimate of drug-likeness (QED) is 0.636. The maximum absolute atomic E-state index is 13.6. The fourth-order valence-corrected chi connectivity index (χ4v) is 2.92. The van der Waals surface area contributed by atoms with Gasteiger partial charge in [0.15, 0.2) is 5.65 Å². The van der Waals surface area contributed by atoms with E-state index >= 15 is 0 Å². The van der Waals surface area contributed by atoms with Crippen LogP contribution in [0, 0.1) is 11.2 Å². The van der Waals surface area contributed by atoms with Crippen LogP contribution in [0.1, 0.15) is 42.3 Å². The van der Waals surface area contributed by atoms with Crippen molar-refractivity contribution in [2.24, 2.45) is 5.41 Å². The second kappa shape index (κ2) is 7.15. The van der Waals surface area contributed by atoms with Crippen molar-refractivity contribution < 1.29 is 14.3 Å². The molecule has 2 heterocycles. The summed E-state index contributed by atoms with van der Waals surface area (Å²) in [4.78, 5) is 15.7. The van der Waals surface area contributed by atoms with E-state index in [0.29, 0.717) is 24.3 Å². The summed E-state index contributed by atoms with van der Waals surface area (Å²) in [6, 6.07) is 6.23. The zero-order valence-electron chi connectivity index (χ0n) is 15.3. The van der Waals surface area contributed by atoms with Crippen LogP contribution < -0.4 is 5.32 Å². The molecular formula is C19H20ClFN4O2. The molecule has 1 aromatic carbocycles. The van der Waals surface area contributed by atoms with Crippen LogP contribution in [0.15, 0.2) is 30.5 Å². The Kier molecular flexibility index (Phi) is 5.06.